The lowest BCUT2D eigenvalue weighted by molar-refractivity contribution is -0.179. The molecule has 1 heterocycles. The van der Waals surface area contributed by atoms with Crippen LogP contribution < -0.4 is 5.32 Å². The van der Waals surface area contributed by atoms with Crippen molar-refractivity contribution in [2.75, 3.05) is 7.11 Å². The van der Waals surface area contributed by atoms with E-state index in [4.69, 9.17) is 4.74 Å². The largest absolute Gasteiger partial charge is 0.445 e. The average Bonchev–Trinajstić information content (AvgIpc) is 2.72. The summed E-state index contributed by atoms with van der Waals surface area (Å²) >= 11 is 0. The van der Waals surface area contributed by atoms with Crippen LogP contribution >= 0.6 is 0 Å². The molecule has 1 atom stereocenters. The number of alkyl carbamates (subject to hydrolysis) is 1. The van der Waals surface area contributed by atoms with Crippen LogP contribution in [0, 0.1) is 0 Å². The Balaban J connectivity index is 1.83. The monoisotopic (exact) mass is 278 g/mol. The highest BCUT2D eigenvalue weighted by atomic mass is 16.7. The number of hydroxylamine groups is 2. The van der Waals surface area contributed by atoms with E-state index >= 15 is 0 Å². The van der Waals surface area contributed by atoms with E-state index in [1.54, 1.807) is 0 Å². The molecule has 1 fully saturated rings. The van der Waals surface area contributed by atoms with Gasteiger partial charge in [-0.1, -0.05) is 30.3 Å². The summed E-state index contributed by atoms with van der Waals surface area (Å²) in [6.07, 6.45) is -0.884. The maximum absolute atomic E-state index is 11.7. The van der Waals surface area contributed by atoms with Gasteiger partial charge in [-0.05, 0) is 5.56 Å². The molecule has 7 nitrogen and oxygen atoms in total. The second kappa shape index (κ2) is 6.16. The molecule has 106 valence electrons. The molecule has 1 saturated heterocycles. The summed E-state index contributed by atoms with van der Waals surface area (Å²) in [7, 11) is 1.21. The third-order valence-corrected chi connectivity index (χ3v) is 2.79. The van der Waals surface area contributed by atoms with Crippen LogP contribution in [0.15, 0.2) is 30.3 Å². The van der Waals surface area contributed by atoms with E-state index < -0.39 is 23.9 Å². The SMILES string of the molecule is CON1C(=O)C[C@@H](NC(=O)OCc2ccccc2)C1=O. The molecule has 0 spiro atoms. The average molecular weight is 278 g/mol. The van der Waals surface area contributed by atoms with Crippen LogP contribution in [0.1, 0.15) is 12.0 Å². The molecule has 0 saturated carbocycles. The maximum Gasteiger partial charge on any atom is 0.408 e. The topological polar surface area (TPSA) is 84.9 Å². The van der Waals surface area contributed by atoms with Crippen LogP contribution in [0.4, 0.5) is 4.79 Å². The number of rotatable bonds is 4. The van der Waals surface area contributed by atoms with Gasteiger partial charge in [-0.25, -0.2) is 4.79 Å². The van der Waals surface area contributed by atoms with E-state index in [0.717, 1.165) is 5.56 Å². The molecule has 1 aromatic rings. The molecule has 1 aliphatic rings. The van der Waals surface area contributed by atoms with Gasteiger partial charge in [0.2, 0.25) is 0 Å². The van der Waals surface area contributed by atoms with Crippen LogP contribution in [-0.2, 0) is 25.8 Å². The quantitative estimate of drug-likeness (QED) is 0.815. The number of amides is 3. The van der Waals surface area contributed by atoms with Gasteiger partial charge >= 0.3 is 6.09 Å². The number of nitrogens with one attached hydrogen (secondary N) is 1. The fraction of sp³-hybridized carbons (Fsp3) is 0.308. The number of ether oxygens (including phenoxy) is 1. The minimum atomic E-state index is -0.939. The molecule has 7 heteroatoms. The van der Waals surface area contributed by atoms with Crippen molar-refractivity contribution in [1.29, 1.82) is 0 Å². The first-order valence-electron chi connectivity index (χ1n) is 6.00. The highest BCUT2D eigenvalue weighted by Gasteiger charge is 2.40. The Hall–Kier alpha value is -2.41. The van der Waals surface area contributed by atoms with E-state index in [0.29, 0.717) is 5.06 Å². The van der Waals surface area contributed by atoms with Gasteiger partial charge in [-0.2, -0.15) is 5.06 Å². The number of benzene rings is 1. The van der Waals surface area contributed by atoms with Gasteiger partial charge in [0.1, 0.15) is 12.6 Å². The van der Waals surface area contributed by atoms with Crippen LogP contribution in [-0.4, -0.2) is 36.1 Å². The molecule has 3 amide bonds. The van der Waals surface area contributed by atoms with Gasteiger partial charge in [-0.15, -0.1) is 0 Å². The first-order valence-corrected chi connectivity index (χ1v) is 6.00. The lowest BCUT2D eigenvalue weighted by Gasteiger charge is -2.12. The summed E-state index contributed by atoms with van der Waals surface area (Å²) in [5.41, 5.74) is 0.829. The van der Waals surface area contributed by atoms with Crippen molar-refractivity contribution < 1.29 is 24.0 Å². The zero-order valence-corrected chi connectivity index (χ0v) is 10.9. The Morgan fingerprint density at radius 1 is 1.35 bits per heavy atom. The zero-order valence-electron chi connectivity index (χ0n) is 10.9. The molecule has 0 radical (unpaired) electrons. The van der Waals surface area contributed by atoms with E-state index in [1.165, 1.54) is 7.11 Å². The van der Waals surface area contributed by atoms with Gasteiger partial charge < -0.3 is 10.1 Å². The Morgan fingerprint density at radius 3 is 2.65 bits per heavy atom. The maximum atomic E-state index is 11.7. The minimum Gasteiger partial charge on any atom is -0.445 e. The van der Waals surface area contributed by atoms with Crippen LogP contribution in [0.5, 0.6) is 0 Å². The summed E-state index contributed by atoms with van der Waals surface area (Å²) in [5, 5.41) is 2.97. The molecule has 0 aromatic heterocycles. The highest BCUT2D eigenvalue weighted by Crippen LogP contribution is 2.13. The number of carbonyl (C=O) groups excluding carboxylic acids is 3. The Labute approximate surface area is 115 Å². The van der Waals surface area contributed by atoms with E-state index in [2.05, 4.69) is 10.2 Å². The third kappa shape index (κ3) is 3.12. The standard InChI is InChI=1S/C13H14N2O5/c1-19-15-11(16)7-10(12(15)17)14-13(18)20-8-9-5-3-2-4-6-9/h2-6,10H,7-8H2,1H3,(H,14,18)/t10-/m1/s1. The van der Waals surface area contributed by atoms with Crippen molar-refractivity contribution in [3.05, 3.63) is 35.9 Å². The van der Waals surface area contributed by atoms with Gasteiger partial charge in [0.15, 0.2) is 0 Å². The van der Waals surface area contributed by atoms with Gasteiger partial charge in [0.25, 0.3) is 11.8 Å². The Kier molecular flexibility index (Phi) is 4.31. The predicted octanol–water partition coefficient (Wildman–Crippen LogP) is 0.602. The molecule has 20 heavy (non-hydrogen) atoms. The van der Waals surface area contributed by atoms with Crippen LogP contribution in [0.25, 0.3) is 0 Å². The predicted molar refractivity (Wildman–Crippen MR) is 67.0 cm³/mol. The van der Waals surface area contributed by atoms with Crippen molar-refractivity contribution in [3.8, 4) is 0 Å². The van der Waals surface area contributed by atoms with Gasteiger partial charge in [0.05, 0.1) is 13.5 Å². The lowest BCUT2D eigenvalue weighted by atomic mass is 10.2. The molecule has 1 aromatic carbocycles. The van der Waals surface area contributed by atoms with Crippen molar-refractivity contribution >= 4 is 17.9 Å². The van der Waals surface area contributed by atoms with Crippen molar-refractivity contribution in [2.24, 2.45) is 0 Å². The number of hydrogen-bond donors (Lipinski definition) is 1. The number of hydrogen-bond acceptors (Lipinski definition) is 5. The second-order valence-electron chi connectivity index (χ2n) is 4.17. The van der Waals surface area contributed by atoms with Crippen LogP contribution in [0.2, 0.25) is 0 Å². The van der Waals surface area contributed by atoms with Gasteiger partial charge in [0, 0.05) is 0 Å². The van der Waals surface area contributed by atoms with Crippen molar-refractivity contribution in [1.82, 2.24) is 10.4 Å². The number of nitrogens with zero attached hydrogens (tertiary/aromatic N) is 1. The van der Waals surface area contributed by atoms with E-state index in [9.17, 15) is 14.4 Å². The van der Waals surface area contributed by atoms with E-state index in [1.807, 2.05) is 30.3 Å². The third-order valence-electron chi connectivity index (χ3n) is 2.79. The molecule has 1 N–H and O–H groups in total. The zero-order chi connectivity index (χ0) is 14.5. The summed E-state index contributed by atoms with van der Waals surface area (Å²) in [5.74, 6) is -1.10. The van der Waals surface area contributed by atoms with Crippen molar-refractivity contribution in [3.63, 3.8) is 0 Å². The first kappa shape index (κ1) is 14.0. The molecule has 0 unspecified atom stereocenters. The minimum absolute atomic E-state index is 0.0928. The van der Waals surface area contributed by atoms with E-state index in [-0.39, 0.29) is 13.0 Å². The summed E-state index contributed by atoms with van der Waals surface area (Å²) in [4.78, 5) is 39.2. The normalized spacial score (nSPS) is 18.2. The second-order valence-corrected chi connectivity index (χ2v) is 4.17. The number of imide groups is 1. The molecule has 0 aliphatic carbocycles. The first-order chi connectivity index (χ1) is 9.61. The molecular formula is C13H14N2O5. The van der Waals surface area contributed by atoms with Crippen LogP contribution in [0.3, 0.4) is 0 Å². The lowest BCUT2D eigenvalue weighted by Crippen LogP contribution is -2.41. The fourth-order valence-corrected chi connectivity index (χ4v) is 1.82. The smallest absolute Gasteiger partial charge is 0.408 e. The summed E-state index contributed by atoms with van der Waals surface area (Å²) < 4.78 is 4.97. The summed E-state index contributed by atoms with van der Waals surface area (Å²) in [6, 6.07) is 8.18. The molecule has 1 aliphatic heterocycles. The van der Waals surface area contributed by atoms with Gasteiger partial charge in [-0.3, -0.25) is 14.4 Å². The summed E-state index contributed by atoms with van der Waals surface area (Å²) in [6.45, 7) is 0.0928. The fourth-order valence-electron chi connectivity index (χ4n) is 1.82. The Bertz CT molecular complexity index is 517. The molecule has 0 bridgehead atoms. The highest BCUT2D eigenvalue weighted by molar-refractivity contribution is 6.05. The molecule has 2 rings (SSSR count). The Morgan fingerprint density at radius 2 is 2.05 bits per heavy atom. The number of carbonyl (C=O) groups is 3. The van der Waals surface area contributed by atoms with Crippen molar-refractivity contribution in [2.45, 2.75) is 19.1 Å². The molecular weight excluding hydrogens is 264 g/mol.